The van der Waals surface area contributed by atoms with Gasteiger partial charge in [0.15, 0.2) is 0 Å². The zero-order valence-electron chi connectivity index (χ0n) is 15.6. The number of nitrogens with zero attached hydrogens (tertiary/aromatic N) is 1. The lowest BCUT2D eigenvalue weighted by atomic mass is 10.0. The third-order valence-electron chi connectivity index (χ3n) is 4.49. The Labute approximate surface area is 169 Å². The molecule has 148 valence electrons. The number of hydrogen-bond acceptors (Lipinski definition) is 3. The van der Waals surface area contributed by atoms with E-state index in [-0.39, 0.29) is 33.5 Å². The largest absolute Gasteiger partial charge is 0.352 e. The highest BCUT2D eigenvalue weighted by molar-refractivity contribution is 6.43. The molecule has 1 saturated heterocycles. The number of halogens is 2. The summed E-state index contributed by atoms with van der Waals surface area (Å²) in [7, 11) is 0. The summed E-state index contributed by atoms with van der Waals surface area (Å²) >= 11 is 12.0. The molecular weight excluding hydrogens is 389 g/mol. The average molecular weight is 414 g/mol. The predicted octanol–water partition coefficient (Wildman–Crippen LogP) is 3.02. The molecule has 0 aromatic heterocycles. The SMILES string of the molecule is CCCC(=O)NC1CCCN(C(=O)C(C)NC(=O)c2cccc(Cl)c2Cl)C1. The van der Waals surface area contributed by atoms with Gasteiger partial charge in [-0.25, -0.2) is 0 Å². The van der Waals surface area contributed by atoms with E-state index in [1.54, 1.807) is 30.0 Å². The minimum Gasteiger partial charge on any atom is -0.352 e. The first kappa shape index (κ1) is 21.5. The van der Waals surface area contributed by atoms with E-state index in [4.69, 9.17) is 23.2 Å². The number of nitrogens with one attached hydrogen (secondary N) is 2. The Morgan fingerprint density at radius 1 is 1.30 bits per heavy atom. The molecule has 2 N–H and O–H groups in total. The second-order valence-electron chi connectivity index (χ2n) is 6.74. The van der Waals surface area contributed by atoms with Crippen LogP contribution in [0.3, 0.4) is 0 Å². The highest BCUT2D eigenvalue weighted by Crippen LogP contribution is 2.25. The van der Waals surface area contributed by atoms with Crippen molar-refractivity contribution in [1.29, 1.82) is 0 Å². The molecule has 0 bridgehead atoms. The van der Waals surface area contributed by atoms with Gasteiger partial charge in [-0.2, -0.15) is 0 Å². The summed E-state index contributed by atoms with van der Waals surface area (Å²) in [5.41, 5.74) is 0.229. The van der Waals surface area contributed by atoms with Crippen molar-refractivity contribution in [2.24, 2.45) is 0 Å². The highest BCUT2D eigenvalue weighted by atomic mass is 35.5. The monoisotopic (exact) mass is 413 g/mol. The number of carbonyl (C=O) groups excluding carboxylic acids is 3. The van der Waals surface area contributed by atoms with Crippen LogP contribution in [0, 0.1) is 0 Å². The second kappa shape index (κ2) is 9.95. The van der Waals surface area contributed by atoms with Crippen LogP contribution in [0.2, 0.25) is 10.0 Å². The van der Waals surface area contributed by atoms with Crippen molar-refractivity contribution in [1.82, 2.24) is 15.5 Å². The third-order valence-corrected chi connectivity index (χ3v) is 5.31. The normalized spacial score (nSPS) is 17.9. The van der Waals surface area contributed by atoms with E-state index >= 15 is 0 Å². The molecule has 0 aliphatic carbocycles. The first-order chi connectivity index (χ1) is 12.8. The molecule has 27 heavy (non-hydrogen) atoms. The summed E-state index contributed by atoms with van der Waals surface area (Å²) in [4.78, 5) is 38.6. The van der Waals surface area contributed by atoms with Gasteiger partial charge < -0.3 is 15.5 Å². The van der Waals surface area contributed by atoms with E-state index in [2.05, 4.69) is 10.6 Å². The number of hydrogen-bond donors (Lipinski definition) is 2. The summed E-state index contributed by atoms with van der Waals surface area (Å²) in [6, 6.07) is 4.02. The molecule has 1 fully saturated rings. The number of rotatable bonds is 6. The van der Waals surface area contributed by atoms with Gasteiger partial charge in [-0.05, 0) is 38.3 Å². The summed E-state index contributed by atoms with van der Waals surface area (Å²) in [5.74, 6) is -0.627. The van der Waals surface area contributed by atoms with Gasteiger partial charge >= 0.3 is 0 Å². The van der Waals surface area contributed by atoms with Gasteiger partial charge in [0.05, 0.1) is 15.6 Å². The Bertz CT molecular complexity index is 711. The molecule has 1 aliphatic rings. The molecule has 2 atom stereocenters. The van der Waals surface area contributed by atoms with Crippen molar-refractivity contribution in [3.8, 4) is 0 Å². The fourth-order valence-electron chi connectivity index (χ4n) is 3.11. The Balaban J connectivity index is 1.94. The van der Waals surface area contributed by atoms with Gasteiger partial charge in [-0.1, -0.05) is 36.2 Å². The summed E-state index contributed by atoms with van der Waals surface area (Å²) in [6.07, 6.45) is 2.93. The predicted molar refractivity (Wildman–Crippen MR) is 106 cm³/mol. The third kappa shape index (κ3) is 5.84. The molecule has 2 rings (SSSR count). The summed E-state index contributed by atoms with van der Waals surface area (Å²) < 4.78 is 0. The van der Waals surface area contributed by atoms with Crippen molar-refractivity contribution < 1.29 is 14.4 Å². The lowest BCUT2D eigenvalue weighted by Gasteiger charge is -2.34. The average Bonchev–Trinajstić information content (AvgIpc) is 2.63. The van der Waals surface area contributed by atoms with Gasteiger partial charge in [-0.15, -0.1) is 0 Å². The van der Waals surface area contributed by atoms with Crippen molar-refractivity contribution in [3.05, 3.63) is 33.8 Å². The topological polar surface area (TPSA) is 78.5 Å². The Morgan fingerprint density at radius 2 is 2.04 bits per heavy atom. The van der Waals surface area contributed by atoms with Gasteiger partial charge in [0, 0.05) is 25.6 Å². The molecule has 2 unspecified atom stereocenters. The number of piperidine rings is 1. The number of carbonyl (C=O) groups is 3. The van der Waals surface area contributed by atoms with Crippen LogP contribution in [-0.2, 0) is 9.59 Å². The van der Waals surface area contributed by atoms with E-state index in [1.807, 2.05) is 6.92 Å². The second-order valence-corrected chi connectivity index (χ2v) is 7.52. The molecule has 0 saturated carbocycles. The molecule has 3 amide bonds. The Hall–Kier alpha value is -1.79. The van der Waals surface area contributed by atoms with Crippen LogP contribution in [0.25, 0.3) is 0 Å². The first-order valence-electron chi connectivity index (χ1n) is 9.16. The maximum absolute atomic E-state index is 12.7. The minimum atomic E-state index is -0.711. The van der Waals surface area contributed by atoms with Crippen LogP contribution in [0.4, 0.5) is 0 Å². The van der Waals surface area contributed by atoms with Crippen molar-refractivity contribution in [2.45, 2.75) is 51.6 Å². The number of amides is 3. The van der Waals surface area contributed by atoms with Crippen molar-refractivity contribution in [3.63, 3.8) is 0 Å². The van der Waals surface area contributed by atoms with Crippen LogP contribution in [-0.4, -0.2) is 47.8 Å². The molecule has 0 radical (unpaired) electrons. The van der Waals surface area contributed by atoms with Crippen LogP contribution < -0.4 is 10.6 Å². The zero-order valence-corrected chi connectivity index (χ0v) is 17.1. The quantitative estimate of drug-likeness (QED) is 0.751. The molecule has 1 heterocycles. The van der Waals surface area contributed by atoms with Crippen LogP contribution >= 0.6 is 23.2 Å². The summed E-state index contributed by atoms with van der Waals surface area (Å²) in [6.45, 7) is 4.65. The maximum Gasteiger partial charge on any atom is 0.253 e. The summed E-state index contributed by atoms with van der Waals surface area (Å²) in [5, 5.41) is 6.09. The highest BCUT2D eigenvalue weighted by Gasteiger charge is 2.28. The molecule has 0 spiro atoms. The molecule has 1 aromatic rings. The van der Waals surface area contributed by atoms with Crippen LogP contribution in [0.5, 0.6) is 0 Å². The molecule has 6 nitrogen and oxygen atoms in total. The van der Waals surface area contributed by atoms with Crippen molar-refractivity contribution >= 4 is 40.9 Å². The van der Waals surface area contributed by atoms with Crippen LogP contribution in [0.15, 0.2) is 18.2 Å². The van der Waals surface area contributed by atoms with Gasteiger partial charge in [0.1, 0.15) is 6.04 Å². The zero-order chi connectivity index (χ0) is 20.0. The molecule has 1 aliphatic heterocycles. The van der Waals surface area contributed by atoms with Crippen LogP contribution in [0.1, 0.15) is 49.9 Å². The van der Waals surface area contributed by atoms with E-state index in [1.165, 1.54) is 0 Å². The number of likely N-dealkylation sites (tertiary alicyclic amines) is 1. The van der Waals surface area contributed by atoms with E-state index in [9.17, 15) is 14.4 Å². The smallest absolute Gasteiger partial charge is 0.253 e. The fraction of sp³-hybridized carbons (Fsp3) is 0.526. The molecule has 1 aromatic carbocycles. The van der Waals surface area contributed by atoms with Gasteiger partial charge in [0.25, 0.3) is 5.91 Å². The number of benzene rings is 1. The van der Waals surface area contributed by atoms with Crippen molar-refractivity contribution in [2.75, 3.05) is 13.1 Å². The van der Waals surface area contributed by atoms with E-state index < -0.39 is 11.9 Å². The lowest BCUT2D eigenvalue weighted by molar-refractivity contribution is -0.135. The first-order valence-corrected chi connectivity index (χ1v) is 9.92. The maximum atomic E-state index is 12.7. The van der Waals surface area contributed by atoms with E-state index in [0.717, 1.165) is 19.3 Å². The fourth-order valence-corrected chi connectivity index (χ4v) is 3.50. The Kier molecular flexibility index (Phi) is 7.92. The van der Waals surface area contributed by atoms with E-state index in [0.29, 0.717) is 19.5 Å². The van der Waals surface area contributed by atoms with Gasteiger partial charge in [-0.3, -0.25) is 14.4 Å². The molecular formula is C19H25Cl2N3O3. The molecule has 8 heteroatoms. The standard InChI is InChI=1S/C19H25Cl2N3O3/c1-3-6-16(25)23-13-7-5-10-24(11-13)19(27)12(2)22-18(26)14-8-4-9-15(20)17(14)21/h4,8-9,12-13H,3,5-7,10-11H2,1-2H3,(H,22,26)(H,23,25). The van der Waals surface area contributed by atoms with Gasteiger partial charge in [0.2, 0.25) is 11.8 Å². The lowest BCUT2D eigenvalue weighted by Crippen LogP contribution is -2.54. The Morgan fingerprint density at radius 3 is 2.74 bits per heavy atom. The minimum absolute atomic E-state index is 0.00810.